The number of phenolic OH excluding ortho intramolecular Hbond substituents is 1. The number of aromatic hydroxyl groups is 1. The van der Waals surface area contributed by atoms with Crippen LogP contribution >= 0.6 is 11.6 Å². The van der Waals surface area contributed by atoms with Crippen molar-refractivity contribution < 1.29 is 19.4 Å². The fourth-order valence-corrected chi connectivity index (χ4v) is 3.38. The minimum atomic E-state index is -0.527. The molecule has 0 bridgehead atoms. The van der Waals surface area contributed by atoms with Gasteiger partial charge in [0, 0.05) is 17.0 Å². The minimum Gasteiger partial charge on any atom is -0.508 e. The van der Waals surface area contributed by atoms with Crippen LogP contribution in [0.25, 0.3) is 10.9 Å². The van der Waals surface area contributed by atoms with Gasteiger partial charge in [-0.05, 0) is 48.0 Å². The number of carbonyl (C=O) groups is 1. The van der Waals surface area contributed by atoms with E-state index in [2.05, 4.69) is 0 Å². The number of esters is 1. The Bertz CT molecular complexity index is 1170. The van der Waals surface area contributed by atoms with Gasteiger partial charge in [-0.3, -0.25) is 0 Å². The highest BCUT2D eigenvalue weighted by atomic mass is 35.5. The number of carbonyl (C=O) groups excluding carboxylic acids is 1. The summed E-state index contributed by atoms with van der Waals surface area (Å²) in [4.78, 5) is 12.7. The third kappa shape index (κ3) is 3.77. The molecule has 0 aliphatic carbocycles. The van der Waals surface area contributed by atoms with E-state index in [9.17, 15) is 9.90 Å². The first-order valence-electron chi connectivity index (χ1n) is 8.97. The van der Waals surface area contributed by atoms with E-state index in [1.54, 1.807) is 42.5 Å². The lowest BCUT2D eigenvalue weighted by atomic mass is 10.2. The van der Waals surface area contributed by atoms with Gasteiger partial charge in [0.05, 0.1) is 12.6 Å². The summed E-state index contributed by atoms with van der Waals surface area (Å²) in [7, 11) is 1.33. The van der Waals surface area contributed by atoms with E-state index in [-0.39, 0.29) is 11.4 Å². The Kier molecular flexibility index (Phi) is 5.14. The van der Waals surface area contributed by atoms with Crippen molar-refractivity contribution in [3.05, 3.63) is 89.1 Å². The molecule has 1 N–H and O–H groups in total. The Balaban J connectivity index is 1.93. The van der Waals surface area contributed by atoms with Gasteiger partial charge in [0.1, 0.15) is 11.5 Å². The maximum Gasteiger partial charge on any atom is 0.358 e. The first-order valence-corrected chi connectivity index (χ1v) is 9.35. The quantitative estimate of drug-likeness (QED) is 0.436. The van der Waals surface area contributed by atoms with Crippen molar-refractivity contribution in [2.24, 2.45) is 0 Å². The molecule has 0 aliphatic rings. The van der Waals surface area contributed by atoms with Crippen LogP contribution in [0.2, 0.25) is 5.02 Å². The topological polar surface area (TPSA) is 60.7 Å². The van der Waals surface area contributed by atoms with Gasteiger partial charge in [0.25, 0.3) is 0 Å². The summed E-state index contributed by atoms with van der Waals surface area (Å²) in [6.45, 7) is 0.404. The third-order valence-corrected chi connectivity index (χ3v) is 4.85. The van der Waals surface area contributed by atoms with E-state index >= 15 is 0 Å². The monoisotopic (exact) mass is 407 g/mol. The number of phenols is 1. The number of benzene rings is 3. The number of aromatic nitrogens is 1. The predicted octanol–water partition coefficient (Wildman–Crippen LogP) is 5.63. The van der Waals surface area contributed by atoms with Crippen molar-refractivity contribution in [3.8, 4) is 17.2 Å². The molecule has 0 unspecified atom stereocenters. The molecule has 5 nitrogen and oxygen atoms in total. The van der Waals surface area contributed by atoms with Crippen LogP contribution in [-0.2, 0) is 11.3 Å². The number of nitrogens with zero attached hydrogens (tertiary/aromatic N) is 1. The van der Waals surface area contributed by atoms with Gasteiger partial charge >= 0.3 is 5.97 Å². The first kappa shape index (κ1) is 18.9. The van der Waals surface area contributed by atoms with Crippen molar-refractivity contribution in [2.45, 2.75) is 6.54 Å². The van der Waals surface area contributed by atoms with Gasteiger partial charge in [0.2, 0.25) is 0 Å². The van der Waals surface area contributed by atoms with E-state index in [0.29, 0.717) is 28.5 Å². The van der Waals surface area contributed by atoms with Crippen molar-refractivity contribution in [3.63, 3.8) is 0 Å². The molecule has 6 heteroatoms. The number of ether oxygens (including phenoxy) is 2. The van der Waals surface area contributed by atoms with Crippen LogP contribution in [-0.4, -0.2) is 22.8 Å². The van der Waals surface area contributed by atoms with Crippen LogP contribution < -0.4 is 4.74 Å². The van der Waals surface area contributed by atoms with Gasteiger partial charge in [-0.25, -0.2) is 4.79 Å². The molecule has 0 fully saturated rings. The molecule has 0 saturated carbocycles. The molecular weight excluding hydrogens is 390 g/mol. The van der Waals surface area contributed by atoms with Crippen molar-refractivity contribution >= 4 is 28.5 Å². The Morgan fingerprint density at radius 1 is 1.03 bits per heavy atom. The summed E-state index contributed by atoms with van der Waals surface area (Å²) in [6, 6.07) is 21.5. The van der Waals surface area contributed by atoms with Crippen LogP contribution in [0.15, 0.2) is 72.8 Å². The average molecular weight is 408 g/mol. The Morgan fingerprint density at radius 3 is 2.45 bits per heavy atom. The molecule has 0 spiro atoms. The fourth-order valence-electron chi connectivity index (χ4n) is 3.26. The normalized spacial score (nSPS) is 10.8. The van der Waals surface area contributed by atoms with Gasteiger partial charge < -0.3 is 19.1 Å². The summed E-state index contributed by atoms with van der Waals surface area (Å²) in [6.07, 6.45) is 0. The minimum absolute atomic E-state index is 0.0791. The van der Waals surface area contributed by atoms with E-state index in [0.717, 1.165) is 11.1 Å². The molecule has 0 aliphatic heterocycles. The summed E-state index contributed by atoms with van der Waals surface area (Å²) in [5.41, 5.74) is 1.96. The second-order valence-corrected chi connectivity index (χ2v) is 6.93. The predicted molar refractivity (Wildman–Crippen MR) is 112 cm³/mol. The number of rotatable bonds is 5. The maximum absolute atomic E-state index is 12.7. The molecule has 4 aromatic rings. The number of fused-ring (bicyclic) bond motifs is 1. The van der Waals surface area contributed by atoms with Crippen molar-refractivity contribution in [1.82, 2.24) is 4.57 Å². The number of para-hydroxylation sites is 1. The van der Waals surface area contributed by atoms with Crippen LogP contribution in [0.5, 0.6) is 17.2 Å². The van der Waals surface area contributed by atoms with Crippen molar-refractivity contribution in [1.29, 1.82) is 0 Å². The van der Waals surface area contributed by atoms with E-state index in [1.807, 2.05) is 34.9 Å². The lowest BCUT2D eigenvalue weighted by Crippen LogP contribution is -2.12. The number of hydrogen-bond acceptors (Lipinski definition) is 4. The van der Waals surface area contributed by atoms with E-state index in [1.165, 1.54) is 7.11 Å². The average Bonchev–Trinajstić information content (AvgIpc) is 3.02. The summed E-state index contributed by atoms with van der Waals surface area (Å²) >= 11 is 6.00. The smallest absolute Gasteiger partial charge is 0.358 e. The highest BCUT2D eigenvalue weighted by Gasteiger charge is 2.26. The molecule has 0 saturated heterocycles. The molecule has 29 heavy (non-hydrogen) atoms. The summed E-state index contributed by atoms with van der Waals surface area (Å²) in [5.74, 6) is 0.463. The number of halogens is 1. The Hall–Kier alpha value is -3.44. The highest BCUT2D eigenvalue weighted by Crippen LogP contribution is 2.39. The SMILES string of the molecule is COC(=O)c1c(Oc2ccccc2)c2cc(O)ccc2n1Cc1ccc(Cl)cc1. The van der Waals surface area contributed by atoms with E-state index in [4.69, 9.17) is 21.1 Å². The molecule has 1 aromatic heterocycles. The molecule has 1 heterocycles. The Morgan fingerprint density at radius 2 is 1.76 bits per heavy atom. The molecule has 3 aromatic carbocycles. The van der Waals surface area contributed by atoms with Gasteiger partial charge in [-0.2, -0.15) is 0 Å². The van der Waals surface area contributed by atoms with Gasteiger partial charge in [-0.15, -0.1) is 0 Å². The van der Waals surface area contributed by atoms with Gasteiger partial charge in [0.15, 0.2) is 11.4 Å². The first-order chi connectivity index (χ1) is 14.1. The number of methoxy groups -OCH3 is 1. The third-order valence-electron chi connectivity index (χ3n) is 4.60. The Labute approximate surface area is 172 Å². The molecular formula is C23H18ClNO4. The lowest BCUT2D eigenvalue weighted by molar-refractivity contribution is 0.0586. The van der Waals surface area contributed by atoms with E-state index < -0.39 is 5.97 Å². The zero-order valence-electron chi connectivity index (χ0n) is 15.6. The second-order valence-electron chi connectivity index (χ2n) is 6.50. The molecule has 4 rings (SSSR count). The zero-order valence-corrected chi connectivity index (χ0v) is 16.4. The molecule has 0 atom stereocenters. The maximum atomic E-state index is 12.7. The summed E-state index contributed by atoms with van der Waals surface area (Å²) in [5, 5.41) is 11.3. The summed E-state index contributed by atoms with van der Waals surface area (Å²) < 4.78 is 13.0. The van der Waals surface area contributed by atoms with Crippen molar-refractivity contribution in [2.75, 3.05) is 7.11 Å². The highest BCUT2D eigenvalue weighted by molar-refractivity contribution is 6.30. The standard InChI is InChI=1S/C23H18ClNO4/c1-28-23(27)21-22(29-18-5-3-2-4-6-18)19-13-17(26)11-12-20(19)25(21)14-15-7-9-16(24)10-8-15/h2-13,26H,14H2,1H3. The number of hydrogen-bond donors (Lipinski definition) is 1. The van der Waals surface area contributed by atoms with Crippen LogP contribution in [0.3, 0.4) is 0 Å². The van der Waals surface area contributed by atoms with Gasteiger partial charge in [-0.1, -0.05) is 41.9 Å². The van der Waals surface area contributed by atoms with Crippen LogP contribution in [0, 0.1) is 0 Å². The zero-order chi connectivity index (χ0) is 20.4. The largest absolute Gasteiger partial charge is 0.508 e. The lowest BCUT2D eigenvalue weighted by Gasteiger charge is -2.11. The molecule has 0 radical (unpaired) electrons. The second kappa shape index (κ2) is 7.89. The van der Waals surface area contributed by atoms with Crippen LogP contribution in [0.1, 0.15) is 16.1 Å². The van der Waals surface area contributed by atoms with Crippen LogP contribution in [0.4, 0.5) is 0 Å². The molecule has 0 amide bonds. The molecule has 146 valence electrons. The fraction of sp³-hybridized carbons (Fsp3) is 0.0870.